The lowest BCUT2D eigenvalue weighted by Gasteiger charge is -2.11. The molecule has 1 rings (SSSR count). The van der Waals surface area contributed by atoms with Crippen LogP contribution in [0.4, 0.5) is 0 Å². The lowest BCUT2D eigenvalue weighted by molar-refractivity contribution is -0.141. The molecule has 0 heterocycles. The molecule has 0 saturated carbocycles. The lowest BCUT2D eigenvalue weighted by Crippen LogP contribution is -2.06. The highest BCUT2D eigenvalue weighted by molar-refractivity contribution is 6.45. The Morgan fingerprint density at radius 1 is 1.23 bits per heavy atom. The van der Waals surface area contributed by atoms with Gasteiger partial charge in [-0.15, -0.1) is 23.2 Å². The summed E-state index contributed by atoms with van der Waals surface area (Å²) in [6.45, 7) is 1.93. The van der Waals surface area contributed by atoms with E-state index in [2.05, 4.69) is 0 Å². The molecule has 22 heavy (non-hydrogen) atoms. The van der Waals surface area contributed by atoms with Crippen LogP contribution in [0.15, 0.2) is 24.5 Å². The second-order valence-corrected chi connectivity index (χ2v) is 6.02. The summed E-state index contributed by atoms with van der Waals surface area (Å²) < 4.78 is 15.5. The highest BCUT2D eigenvalue weighted by Crippen LogP contribution is 2.37. The Balaban J connectivity index is 2.56. The minimum absolute atomic E-state index is 0.272. The Morgan fingerprint density at radius 3 is 2.41 bits per heavy atom. The van der Waals surface area contributed by atoms with E-state index in [1.165, 1.54) is 19.3 Å². The fourth-order valence-corrected chi connectivity index (χ4v) is 2.06. The molecule has 0 amide bonds. The Kier molecular flexibility index (Phi) is 8.79. The molecule has 0 bridgehead atoms. The average Bonchev–Trinajstić information content (AvgIpc) is 2.40. The summed E-state index contributed by atoms with van der Waals surface area (Å²) in [4.78, 5) is 9.95. The number of allylic oxidation sites excluding steroid dienone is 1. The molecule has 0 aromatic heterocycles. The van der Waals surface area contributed by atoms with Crippen LogP contribution in [0.1, 0.15) is 13.3 Å². The van der Waals surface area contributed by atoms with E-state index < -0.39 is 4.84 Å². The Labute approximate surface area is 148 Å². The number of benzene rings is 1. The minimum atomic E-state index is -0.661. The third-order valence-corrected chi connectivity index (χ3v) is 3.09. The number of esters is 1. The number of halogens is 4. The average molecular weight is 388 g/mol. The molecule has 0 spiro atoms. The largest absolute Gasteiger partial charge is 0.490 e. The van der Waals surface area contributed by atoms with E-state index in [-0.39, 0.29) is 12.6 Å². The monoisotopic (exact) mass is 386 g/mol. The zero-order valence-electron chi connectivity index (χ0n) is 11.7. The first-order valence-electron chi connectivity index (χ1n) is 6.27. The molecule has 0 unspecified atom stereocenters. The van der Waals surface area contributed by atoms with Gasteiger partial charge in [-0.2, -0.15) is 0 Å². The molecule has 0 aliphatic heterocycles. The molecule has 1 aromatic rings. The van der Waals surface area contributed by atoms with Crippen LogP contribution in [0.3, 0.4) is 0 Å². The van der Waals surface area contributed by atoms with E-state index in [0.29, 0.717) is 34.6 Å². The van der Waals surface area contributed by atoms with Crippen molar-refractivity contribution in [1.82, 2.24) is 0 Å². The van der Waals surface area contributed by atoms with Crippen molar-refractivity contribution in [2.24, 2.45) is 0 Å². The predicted molar refractivity (Wildman–Crippen MR) is 88.5 cm³/mol. The molecule has 0 atom stereocenters. The quantitative estimate of drug-likeness (QED) is 0.272. The van der Waals surface area contributed by atoms with Gasteiger partial charge in [0.15, 0.2) is 5.75 Å². The van der Waals surface area contributed by atoms with E-state index in [0.717, 1.165) is 0 Å². The molecular formula is C14H14Cl4O4. The topological polar surface area (TPSA) is 44.8 Å². The lowest BCUT2D eigenvalue weighted by atomic mass is 10.3. The third-order valence-electron chi connectivity index (χ3n) is 2.24. The Hall–Kier alpha value is -0.810. The number of carbonyl (C=O) groups is 1. The molecule has 8 heteroatoms. The molecule has 0 aliphatic carbocycles. The number of hydrogen-bond acceptors (Lipinski definition) is 4. The van der Waals surface area contributed by atoms with Gasteiger partial charge in [-0.3, -0.25) is 4.79 Å². The van der Waals surface area contributed by atoms with Crippen LogP contribution in [0.5, 0.6) is 11.5 Å². The summed E-state index contributed by atoms with van der Waals surface area (Å²) >= 11 is 23.2. The molecule has 0 radical (unpaired) electrons. The van der Waals surface area contributed by atoms with Crippen LogP contribution in [0, 0.1) is 0 Å². The van der Waals surface area contributed by atoms with E-state index in [1.54, 1.807) is 12.1 Å². The van der Waals surface area contributed by atoms with Gasteiger partial charge in [-0.05, 0) is 6.08 Å². The summed E-state index contributed by atoms with van der Waals surface area (Å²) in [5.74, 6) is 0.435. The molecule has 0 saturated heterocycles. The molecule has 1 aromatic carbocycles. The van der Waals surface area contributed by atoms with Crippen LogP contribution in [-0.2, 0) is 9.53 Å². The molecule has 0 N–H and O–H groups in total. The zero-order valence-corrected chi connectivity index (χ0v) is 14.7. The minimum Gasteiger partial charge on any atom is -0.490 e. The van der Waals surface area contributed by atoms with Gasteiger partial charge in [0.05, 0.1) is 29.5 Å². The normalized spacial score (nSPS) is 11.0. The standard InChI is InChI=1S/C14H14Cl4O4/c1-9(19)20-4-2-5-22-14-11(15)7-10(8-12(14)16)21-6-3-13(17)18/h3,6-8,13H,2,4-5H2,1H3. The summed E-state index contributed by atoms with van der Waals surface area (Å²) in [7, 11) is 0. The molecule has 4 nitrogen and oxygen atoms in total. The van der Waals surface area contributed by atoms with Gasteiger partial charge in [0.2, 0.25) is 0 Å². The zero-order chi connectivity index (χ0) is 16.5. The van der Waals surface area contributed by atoms with Gasteiger partial charge >= 0.3 is 5.97 Å². The fraction of sp³-hybridized carbons (Fsp3) is 0.357. The van der Waals surface area contributed by atoms with Gasteiger partial charge in [0.1, 0.15) is 10.6 Å². The van der Waals surface area contributed by atoms with E-state index >= 15 is 0 Å². The Morgan fingerprint density at radius 2 is 1.86 bits per heavy atom. The smallest absolute Gasteiger partial charge is 0.302 e. The molecule has 0 aliphatic rings. The van der Waals surface area contributed by atoms with Crippen molar-refractivity contribution in [3.05, 3.63) is 34.5 Å². The van der Waals surface area contributed by atoms with E-state index in [1.807, 2.05) is 0 Å². The highest BCUT2D eigenvalue weighted by Gasteiger charge is 2.10. The molecule has 122 valence electrons. The number of hydrogen-bond donors (Lipinski definition) is 0. The van der Waals surface area contributed by atoms with Crippen molar-refractivity contribution in [1.29, 1.82) is 0 Å². The van der Waals surface area contributed by atoms with Crippen LogP contribution in [-0.4, -0.2) is 24.0 Å². The molecule has 0 fully saturated rings. The van der Waals surface area contributed by atoms with Gasteiger partial charge in [0.25, 0.3) is 0 Å². The van der Waals surface area contributed by atoms with Gasteiger partial charge < -0.3 is 14.2 Å². The van der Waals surface area contributed by atoms with E-state index in [4.69, 9.17) is 60.6 Å². The number of rotatable bonds is 8. The van der Waals surface area contributed by atoms with Crippen molar-refractivity contribution in [2.75, 3.05) is 13.2 Å². The fourth-order valence-electron chi connectivity index (χ4n) is 1.37. The predicted octanol–water partition coefficient (Wildman–Crippen LogP) is 5.02. The van der Waals surface area contributed by atoms with Crippen molar-refractivity contribution in [2.45, 2.75) is 18.2 Å². The van der Waals surface area contributed by atoms with Gasteiger partial charge in [-0.25, -0.2) is 0 Å². The van der Waals surface area contributed by atoms with Crippen molar-refractivity contribution >= 4 is 52.4 Å². The number of ether oxygens (including phenoxy) is 3. The first kappa shape index (κ1) is 19.2. The van der Waals surface area contributed by atoms with E-state index in [9.17, 15) is 4.79 Å². The van der Waals surface area contributed by atoms with Gasteiger partial charge in [-0.1, -0.05) is 23.2 Å². The maximum absolute atomic E-state index is 10.6. The van der Waals surface area contributed by atoms with Crippen LogP contribution >= 0.6 is 46.4 Å². The number of alkyl halides is 2. The van der Waals surface area contributed by atoms with Crippen molar-refractivity contribution < 1.29 is 19.0 Å². The summed E-state index contributed by atoms with van der Waals surface area (Å²) in [5.41, 5.74) is 0. The molecular weight excluding hydrogens is 374 g/mol. The maximum atomic E-state index is 10.6. The van der Waals surface area contributed by atoms with Crippen molar-refractivity contribution in [3.63, 3.8) is 0 Å². The summed E-state index contributed by atoms with van der Waals surface area (Å²) in [6, 6.07) is 3.10. The maximum Gasteiger partial charge on any atom is 0.302 e. The second-order valence-electron chi connectivity index (χ2n) is 4.04. The van der Waals surface area contributed by atoms with Crippen LogP contribution < -0.4 is 9.47 Å². The van der Waals surface area contributed by atoms with Gasteiger partial charge in [0, 0.05) is 25.5 Å². The first-order chi connectivity index (χ1) is 10.4. The SMILES string of the molecule is CC(=O)OCCCOc1c(Cl)cc(OC=CC(Cl)Cl)cc1Cl. The summed E-state index contributed by atoms with van der Waals surface area (Å²) in [5, 5.41) is 0.605. The summed E-state index contributed by atoms with van der Waals surface area (Å²) in [6.07, 6.45) is 3.32. The Bertz CT molecular complexity index is 509. The highest BCUT2D eigenvalue weighted by atomic mass is 35.5. The second kappa shape index (κ2) is 10.1. The first-order valence-corrected chi connectivity index (χ1v) is 7.89. The van der Waals surface area contributed by atoms with Crippen molar-refractivity contribution in [3.8, 4) is 11.5 Å². The van der Waals surface area contributed by atoms with Crippen LogP contribution in [0.25, 0.3) is 0 Å². The third kappa shape index (κ3) is 7.45. The van der Waals surface area contributed by atoms with Crippen LogP contribution in [0.2, 0.25) is 10.0 Å². The number of carbonyl (C=O) groups excluding carboxylic acids is 1.